The second-order valence-electron chi connectivity index (χ2n) is 4.05. The average Bonchev–Trinajstić information content (AvgIpc) is 2.80. The van der Waals surface area contributed by atoms with E-state index in [4.69, 9.17) is 11.6 Å². The molecule has 0 radical (unpaired) electrons. The number of hydrogen-bond donors (Lipinski definition) is 0. The van der Waals surface area contributed by atoms with Crippen molar-refractivity contribution in [3.05, 3.63) is 16.5 Å². The number of rotatable bonds is 3. The van der Waals surface area contributed by atoms with E-state index < -0.39 is 0 Å². The SMILES string of the molecule is Cc1nc(Cl)c(C=O)c(N(C)C2CCSC2)n1. The van der Waals surface area contributed by atoms with Gasteiger partial charge in [0.05, 0.1) is 5.56 Å². The summed E-state index contributed by atoms with van der Waals surface area (Å²) >= 11 is 7.89. The van der Waals surface area contributed by atoms with Crippen molar-refractivity contribution in [1.82, 2.24) is 9.97 Å². The average molecular weight is 272 g/mol. The van der Waals surface area contributed by atoms with Gasteiger partial charge in [-0.15, -0.1) is 0 Å². The van der Waals surface area contributed by atoms with E-state index in [0.29, 0.717) is 23.2 Å². The summed E-state index contributed by atoms with van der Waals surface area (Å²) in [5, 5.41) is 0.236. The topological polar surface area (TPSA) is 46.1 Å². The van der Waals surface area contributed by atoms with Crippen molar-refractivity contribution < 1.29 is 4.79 Å². The summed E-state index contributed by atoms with van der Waals surface area (Å²) in [7, 11) is 1.96. The Morgan fingerprint density at radius 3 is 2.88 bits per heavy atom. The number of halogens is 1. The highest BCUT2D eigenvalue weighted by Crippen LogP contribution is 2.28. The van der Waals surface area contributed by atoms with E-state index in [1.54, 1.807) is 6.92 Å². The van der Waals surface area contributed by atoms with Crippen LogP contribution in [0.2, 0.25) is 5.15 Å². The summed E-state index contributed by atoms with van der Waals surface area (Å²) in [4.78, 5) is 21.5. The van der Waals surface area contributed by atoms with Crippen molar-refractivity contribution in [1.29, 1.82) is 0 Å². The maximum Gasteiger partial charge on any atom is 0.156 e. The van der Waals surface area contributed by atoms with Crippen molar-refractivity contribution in [2.45, 2.75) is 19.4 Å². The Labute approximate surface area is 110 Å². The third-order valence-corrected chi connectivity index (χ3v) is 4.33. The summed E-state index contributed by atoms with van der Waals surface area (Å²) in [6, 6.07) is 0.420. The molecule has 1 saturated heterocycles. The molecule has 92 valence electrons. The zero-order chi connectivity index (χ0) is 12.4. The van der Waals surface area contributed by atoms with Gasteiger partial charge in [-0.3, -0.25) is 4.79 Å². The number of anilines is 1. The molecule has 0 bridgehead atoms. The number of carbonyl (C=O) groups is 1. The van der Waals surface area contributed by atoms with Gasteiger partial charge in [0.25, 0.3) is 0 Å². The van der Waals surface area contributed by atoms with Crippen molar-refractivity contribution in [2.24, 2.45) is 0 Å². The Morgan fingerprint density at radius 2 is 2.29 bits per heavy atom. The molecule has 17 heavy (non-hydrogen) atoms. The van der Waals surface area contributed by atoms with E-state index in [2.05, 4.69) is 9.97 Å². The number of hydrogen-bond acceptors (Lipinski definition) is 5. The highest BCUT2D eigenvalue weighted by Gasteiger charge is 2.24. The molecule has 1 aliphatic rings. The standard InChI is InChI=1S/C11H14ClN3OS/c1-7-13-10(12)9(5-16)11(14-7)15(2)8-3-4-17-6-8/h5,8H,3-4,6H2,1-2H3. The zero-order valence-corrected chi connectivity index (χ0v) is 11.4. The minimum atomic E-state index is 0.236. The van der Waals surface area contributed by atoms with Crippen molar-refractivity contribution in [2.75, 3.05) is 23.5 Å². The van der Waals surface area contributed by atoms with Gasteiger partial charge in [-0.25, -0.2) is 9.97 Å². The van der Waals surface area contributed by atoms with Crippen LogP contribution in [0, 0.1) is 6.92 Å². The molecule has 6 heteroatoms. The molecule has 1 unspecified atom stereocenters. The predicted molar refractivity (Wildman–Crippen MR) is 71.3 cm³/mol. The monoisotopic (exact) mass is 271 g/mol. The quantitative estimate of drug-likeness (QED) is 0.623. The van der Waals surface area contributed by atoms with Crippen LogP contribution in [0.5, 0.6) is 0 Å². The molecule has 1 aromatic rings. The number of aryl methyl sites for hydroxylation is 1. The first-order chi connectivity index (χ1) is 8.13. The summed E-state index contributed by atoms with van der Waals surface area (Å²) in [5.74, 6) is 3.46. The van der Waals surface area contributed by atoms with Gasteiger partial charge >= 0.3 is 0 Å². The van der Waals surface area contributed by atoms with E-state index >= 15 is 0 Å². The molecule has 1 aromatic heterocycles. The molecule has 1 aliphatic heterocycles. The van der Waals surface area contributed by atoms with Crippen LogP contribution in [0.4, 0.5) is 5.82 Å². The smallest absolute Gasteiger partial charge is 0.156 e. The lowest BCUT2D eigenvalue weighted by molar-refractivity contribution is 0.112. The fourth-order valence-electron chi connectivity index (χ4n) is 1.90. The first kappa shape index (κ1) is 12.6. The molecule has 2 rings (SSSR count). The van der Waals surface area contributed by atoms with Crippen molar-refractivity contribution >= 4 is 35.5 Å². The molecule has 4 nitrogen and oxygen atoms in total. The van der Waals surface area contributed by atoms with Gasteiger partial charge in [-0.1, -0.05) is 11.6 Å². The second-order valence-corrected chi connectivity index (χ2v) is 5.55. The Kier molecular flexibility index (Phi) is 3.89. The molecule has 0 spiro atoms. The van der Waals surface area contributed by atoms with Crippen LogP contribution in [-0.4, -0.2) is 40.8 Å². The summed E-state index contributed by atoms with van der Waals surface area (Å²) < 4.78 is 0. The zero-order valence-electron chi connectivity index (χ0n) is 9.81. The molecule has 2 heterocycles. The Hall–Kier alpha value is -0.810. The van der Waals surface area contributed by atoms with E-state index in [9.17, 15) is 4.79 Å². The second kappa shape index (κ2) is 5.23. The van der Waals surface area contributed by atoms with Crippen LogP contribution < -0.4 is 4.90 Å². The van der Waals surface area contributed by atoms with E-state index in [0.717, 1.165) is 24.2 Å². The van der Waals surface area contributed by atoms with E-state index in [1.807, 2.05) is 23.7 Å². The van der Waals surface area contributed by atoms with Crippen LogP contribution >= 0.6 is 23.4 Å². The van der Waals surface area contributed by atoms with E-state index in [-0.39, 0.29) is 5.15 Å². The van der Waals surface area contributed by atoms with Crippen molar-refractivity contribution in [3.8, 4) is 0 Å². The molecule has 1 atom stereocenters. The van der Waals surface area contributed by atoms with Gasteiger partial charge < -0.3 is 4.90 Å². The minimum absolute atomic E-state index is 0.236. The Morgan fingerprint density at radius 1 is 1.53 bits per heavy atom. The molecule has 0 N–H and O–H groups in total. The van der Waals surface area contributed by atoms with Gasteiger partial charge in [-0.05, 0) is 19.1 Å². The van der Waals surface area contributed by atoms with Crippen LogP contribution in [0.15, 0.2) is 0 Å². The molecule has 0 aliphatic carbocycles. The van der Waals surface area contributed by atoms with Gasteiger partial charge in [0, 0.05) is 18.8 Å². The lowest BCUT2D eigenvalue weighted by Crippen LogP contribution is -2.33. The van der Waals surface area contributed by atoms with Gasteiger partial charge in [0.15, 0.2) is 6.29 Å². The maximum atomic E-state index is 11.1. The lowest BCUT2D eigenvalue weighted by Gasteiger charge is -2.26. The fourth-order valence-corrected chi connectivity index (χ4v) is 3.42. The largest absolute Gasteiger partial charge is 0.355 e. The third-order valence-electron chi connectivity index (χ3n) is 2.90. The van der Waals surface area contributed by atoms with Crippen molar-refractivity contribution in [3.63, 3.8) is 0 Å². The number of carbonyl (C=O) groups excluding carboxylic acids is 1. The number of aldehydes is 1. The normalized spacial score (nSPS) is 19.4. The maximum absolute atomic E-state index is 11.1. The van der Waals surface area contributed by atoms with Crippen LogP contribution in [-0.2, 0) is 0 Å². The van der Waals surface area contributed by atoms with Crippen LogP contribution in [0.1, 0.15) is 22.6 Å². The molecular formula is C11H14ClN3OS. The van der Waals surface area contributed by atoms with E-state index in [1.165, 1.54) is 0 Å². The highest BCUT2D eigenvalue weighted by atomic mass is 35.5. The predicted octanol–water partition coefficient (Wildman–Crippen LogP) is 2.19. The Balaban J connectivity index is 2.38. The van der Waals surface area contributed by atoms with Gasteiger partial charge in [-0.2, -0.15) is 11.8 Å². The first-order valence-corrected chi connectivity index (χ1v) is 6.96. The summed E-state index contributed by atoms with van der Waals surface area (Å²) in [5.41, 5.74) is 0.386. The first-order valence-electron chi connectivity index (χ1n) is 5.43. The minimum Gasteiger partial charge on any atom is -0.355 e. The number of aromatic nitrogens is 2. The molecular weight excluding hydrogens is 258 g/mol. The highest BCUT2D eigenvalue weighted by molar-refractivity contribution is 7.99. The lowest BCUT2D eigenvalue weighted by atomic mass is 10.2. The third kappa shape index (κ3) is 2.55. The fraction of sp³-hybridized carbons (Fsp3) is 0.545. The molecule has 0 aromatic carbocycles. The number of thioether (sulfide) groups is 1. The van der Waals surface area contributed by atoms with Crippen LogP contribution in [0.3, 0.4) is 0 Å². The summed E-state index contributed by atoms with van der Waals surface area (Å²) in [6.45, 7) is 1.78. The van der Waals surface area contributed by atoms with Gasteiger partial charge in [0.2, 0.25) is 0 Å². The number of nitrogens with zero attached hydrogens (tertiary/aromatic N) is 3. The van der Waals surface area contributed by atoms with Crippen LogP contribution in [0.25, 0.3) is 0 Å². The summed E-state index contributed by atoms with van der Waals surface area (Å²) in [6.07, 6.45) is 1.84. The Bertz CT molecular complexity index is 435. The molecule has 0 saturated carbocycles. The molecule has 0 amide bonds. The molecule has 1 fully saturated rings. The van der Waals surface area contributed by atoms with Gasteiger partial charge in [0.1, 0.15) is 16.8 Å².